The molecule has 0 aromatic heterocycles. The first-order valence-electron chi connectivity index (χ1n) is 12.0. The van der Waals surface area contributed by atoms with Crippen molar-refractivity contribution >= 4 is 23.4 Å². The molecular weight excluding hydrogens is 442 g/mol. The topological polar surface area (TPSA) is 101 Å². The fourth-order valence-corrected chi connectivity index (χ4v) is 4.73. The number of piperazine rings is 1. The first-order chi connectivity index (χ1) is 16.9. The van der Waals surface area contributed by atoms with E-state index in [0.717, 1.165) is 54.3 Å². The number of hydrogen-bond acceptors (Lipinski definition) is 7. The van der Waals surface area contributed by atoms with Crippen LogP contribution >= 0.6 is 0 Å². The van der Waals surface area contributed by atoms with Gasteiger partial charge in [0.2, 0.25) is 0 Å². The molecule has 2 aliphatic rings. The summed E-state index contributed by atoms with van der Waals surface area (Å²) in [6.07, 6.45) is 3.22. The molecule has 0 saturated carbocycles. The van der Waals surface area contributed by atoms with Gasteiger partial charge in [-0.05, 0) is 60.9 Å². The number of nitrogens with zero attached hydrogens (tertiary/aromatic N) is 2. The molecule has 1 amide bonds. The molecule has 4 rings (SSSR count). The van der Waals surface area contributed by atoms with Gasteiger partial charge in [-0.3, -0.25) is 9.79 Å². The molecule has 0 unspecified atom stereocenters. The third-order valence-electron chi connectivity index (χ3n) is 6.62. The number of nitrogens with one attached hydrogen (secondary N) is 2. The van der Waals surface area contributed by atoms with Crippen LogP contribution in [0.15, 0.2) is 47.6 Å². The molecule has 0 radical (unpaired) electrons. The van der Waals surface area contributed by atoms with Crippen molar-refractivity contribution in [3.8, 4) is 5.75 Å². The molecule has 2 aromatic rings. The monoisotopic (exact) mass is 477 g/mol. The van der Waals surface area contributed by atoms with Crippen molar-refractivity contribution < 1.29 is 14.3 Å². The molecule has 0 spiro atoms. The summed E-state index contributed by atoms with van der Waals surface area (Å²) in [6.45, 7) is 7.10. The Bertz CT molecular complexity index is 1120. The van der Waals surface area contributed by atoms with E-state index >= 15 is 0 Å². The summed E-state index contributed by atoms with van der Waals surface area (Å²) in [5.41, 5.74) is 11.1. The quantitative estimate of drug-likeness (QED) is 0.530. The zero-order valence-electron chi connectivity index (χ0n) is 20.9. The first-order valence-corrected chi connectivity index (χ1v) is 12.0. The molecule has 0 aliphatic carbocycles. The number of amides is 1. The van der Waals surface area contributed by atoms with Crippen LogP contribution < -0.4 is 26.0 Å². The summed E-state index contributed by atoms with van der Waals surface area (Å²) in [5.74, 6) is 0.582. The Kier molecular flexibility index (Phi) is 7.73. The number of carbonyl (C=O) groups excluding carboxylic acids is 1. The maximum Gasteiger partial charge on any atom is 0.252 e. The minimum absolute atomic E-state index is 0.107. The first kappa shape index (κ1) is 24.8. The van der Waals surface area contributed by atoms with E-state index in [1.807, 2.05) is 44.2 Å². The van der Waals surface area contributed by atoms with Crippen molar-refractivity contribution in [1.82, 2.24) is 10.6 Å². The molecule has 8 heteroatoms. The summed E-state index contributed by atoms with van der Waals surface area (Å²) >= 11 is 0. The number of anilines is 1. The summed E-state index contributed by atoms with van der Waals surface area (Å²) in [5, 5.41) is 6.76. The molecular formula is C27H35N5O3. The van der Waals surface area contributed by atoms with Crippen LogP contribution in [0.1, 0.15) is 40.0 Å². The van der Waals surface area contributed by atoms with E-state index in [0.29, 0.717) is 23.4 Å². The van der Waals surface area contributed by atoms with Crippen molar-refractivity contribution in [3.63, 3.8) is 0 Å². The predicted molar refractivity (Wildman–Crippen MR) is 140 cm³/mol. The number of allylic oxidation sites excluding steroid dienone is 1. The van der Waals surface area contributed by atoms with Crippen molar-refractivity contribution in [2.45, 2.75) is 32.0 Å². The highest BCUT2D eigenvalue weighted by atomic mass is 16.5. The largest absolute Gasteiger partial charge is 0.497 e. The highest BCUT2D eigenvalue weighted by Crippen LogP contribution is 2.27. The molecule has 2 aliphatic heterocycles. The lowest BCUT2D eigenvalue weighted by molar-refractivity contribution is 0.0376. The highest BCUT2D eigenvalue weighted by molar-refractivity contribution is 6.09. The Morgan fingerprint density at radius 2 is 2.00 bits per heavy atom. The lowest BCUT2D eigenvalue weighted by Crippen LogP contribution is -2.62. The molecule has 2 fully saturated rings. The van der Waals surface area contributed by atoms with Crippen LogP contribution in [-0.4, -0.2) is 64.7 Å². The third-order valence-corrected chi connectivity index (χ3v) is 6.62. The molecule has 2 aromatic carbocycles. The minimum Gasteiger partial charge on any atom is -0.497 e. The smallest absolute Gasteiger partial charge is 0.252 e. The summed E-state index contributed by atoms with van der Waals surface area (Å²) in [6, 6.07) is 12.3. The number of morpholine rings is 1. The second-order valence-corrected chi connectivity index (χ2v) is 9.20. The fourth-order valence-electron chi connectivity index (χ4n) is 4.73. The average molecular weight is 478 g/mol. The summed E-state index contributed by atoms with van der Waals surface area (Å²) in [4.78, 5) is 19.8. The van der Waals surface area contributed by atoms with Crippen LogP contribution in [0.25, 0.3) is 5.57 Å². The number of hydrogen-bond donors (Lipinski definition) is 3. The molecule has 186 valence electrons. The van der Waals surface area contributed by atoms with Gasteiger partial charge in [-0.1, -0.05) is 6.07 Å². The number of ether oxygens (including phenoxy) is 2. The zero-order valence-corrected chi connectivity index (χ0v) is 20.9. The van der Waals surface area contributed by atoms with E-state index in [4.69, 9.17) is 15.2 Å². The van der Waals surface area contributed by atoms with Gasteiger partial charge in [-0.2, -0.15) is 0 Å². The SMILES string of the molecule is CN=CC(=CN)c1cc(OC)cc([C@@H](C)NC(=O)c2cc(N3C[C@H]4COC[C@@H](C3)N4)ccc2C)c1. The van der Waals surface area contributed by atoms with Gasteiger partial charge >= 0.3 is 0 Å². The predicted octanol–water partition coefficient (Wildman–Crippen LogP) is 2.67. The number of fused-ring (bicyclic) bond motifs is 2. The Balaban J connectivity index is 1.54. The maximum atomic E-state index is 13.4. The van der Waals surface area contributed by atoms with Crippen LogP contribution in [0.5, 0.6) is 5.75 Å². The van der Waals surface area contributed by atoms with Gasteiger partial charge in [0.15, 0.2) is 0 Å². The number of aliphatic imine (C=N–C) groups is 1. The number of nitrogens with two attached hydrogens (primary N) is 1. The van der Waals surface area contributed by atoms with Gasteiger partial charge < -0.3 is 30.7 Å². The molecule has 35 heavy (non-hydrogen) atoms. The zero-order chi connectivity index (χ0) is 24.9. The normalized spacial score (nSPS) is 21.1. The van der Waals surface area contributed by atoms with Crippen LogP contribution in [0, 0.1) is 6.92 Å². The number of methoxy groups -OCH3 is 1. The molecule has 8 nitrogen and oxygen atoms in total. The van der Waals surface area contributed by atoms with Crippen molar-refractivity contribution in [2.75, 3.05) is 45.4 Å². The van der Waals surface area contributed by atoms with Gasteiger partial charge in [0.05, 0.1) is 26.4 Å². The van der Waals surface area contributed by atoms with Gasteiger partial charge in [-0.15, -0.1) is 0 Å². The van der Waals surface area contributed by atoms with Crippen LogP contribution in [-0.2, 0) is 4.74 Å². The van der Waals surface area contributed by atoms with Crippen molar-refractivity contribution in [1.29, 1.82) is 0 Å². The number of rotatable bonds is 7. The molecule has 2 saturated heterocycles. The fraction of sp³-hybridized carbons (Fsp3) is 0.407. The average Bonchev–Trinajstić information content (AvgIpc) is 2.86. The van der Waals surface area contributed by atoms with E-state index in [1.54, 1.807) is 20.4 Å². The molecule has 2 heterocycles. The highest BCUT2D eigenvalue weighted by Gasteiger charge is 2.31. The molecule has 3 atom stereocenters. The van der Waals surface area contributed by atoms with E-state index in [2.05, 4.69) is 26.6 Å². The van der Waals surface area contributed by atoms with E-state index in [-0.39, 0.29) is 11.9 Å². The Morgan fingerprint density at radius 1 is 1.26 bits per heavy atom. The molecule has 2 bridgehead atoms. The standard InChI is InChI=1S/C27H35N5O3/c1-17-5-6-24(32-13-22-15-35-16-23(14-32)31-22)10-26(17)27(33)30-18(2)19-7-20(9-25(8-19)34-4)21(11-28)12-29-3/h5-12,18,22-23,31H,13-16,28H2,1-4H3,(H,30,33)/t18-,22-,23+/m1/s1. The number of benzene rings is 2. The van der Waals surface area contributed by atoms with Gasteiger partial charge in [0.1, 0.15) is 5.75 Å². The lowest BCUT2D eigenvalue weighted by atomic mass is 9.99. The summed E-state index contributed by atoms with van der Waals surface area (Å²) < 4.78 is 11.2. The van der Waals surface area contributed by atoms with Gasteiger partial charge in [-0.25, -0.2) is 0 Å². The third kappa shape index (κ3) is 5.66. The summed E-state index contributed by atoms with van der Waals surface area (Å²) in [7, 11) is 3.32. The minimum atomic E-state index is -0.243. The van der Waals surface area contributed by atoms with E-state index in [1.165, 1.54) is 6.20 Å². The Morgan fingerprint density at radius 3 is 2.66 bits per heavy atom. The maximum absolute atomic E-state index is 13.4. The van der Waals surface area contributed by atoms with Crippen LogP contribution in [0.2, 0.25) is 0 Å². The Hall–Kier alpha value is -3.36. The number of aryl methyl sites for hydroxylation is 1. The van der Waals surface area contributed by atoms with Crippen LogP contribution in [0.4, 0.5) is 5.69 Å². The van der Waals surface area contributed by atoms with E-state index in [9.17, 15) is 4.79 Å². The van der Waals surface area contributed by atoms with Crippen molar-refractivity contribution in [3.05, 3.63) is 64.9 Å². The second-order valence-electron chi connectivity index (χ2n) is 9.20. The van der Waals surface area contributed by atoms with Crippen LogP contribution in [0.3, 0.4) is 0 Å². The van der Waals surface area contributed by atoms with Crippen molar-refractivity contribution in [2.24, 2.45) is 10.7 Å². The van der Waals surface area contributed by atoms with Gasteiger partial charge in [0.25, 0.3) is 5.91 Å². The molecule has 4 N–H and O–H groups in total. The Labute approximate surface area is 207 Å². The van der Waals surface area contributed by atoms with E-state index < -0.39 is 0 Å². The second kappa shape index (κ2) is 10.9. The number of carbonyl (C=O) groups is 1. The van der Waals surface area contributed by atoms with Gasteiger partial charge in [0, 0.05) is 61.5 Å². The lowest BCUT2D eigenvalue weighted by Gasteiger charge is -2.43.